The summed E-state index contributed by atoms with van der Waals surface area (Å²) in [6.07, 6.45) is 0. The number of nitrogens with zero attached hydrogens (tertiary/aromatic N) is 4. The number of benzene rings is 9. The normalized spacial score (nSPS) is 11.8. The van der Waals surface area contributed by atoms with Crippen molar-refractivity contribution in [1.82, 2.24) is 19.1 Å². The van der Waals surface area contributed by atoms with Gasteiger partial charge < -0.3 is 9.13 Å². The third-order valence-corrected chi connectivity index (χ3v) is 11.7. The van der Waals surface area contributed by atoms with Crippen LogP contribution in [0.15, 0.2) is 206 Å². The van der Waals surface area contributed by atoms with Crippen molar-refractivity contribution in [3.05, 3.63) is 206 Å². The Labute approximate surface area is 334 Å². The fourth-order valence-corrected chi connectivity index (χ4v) is 9.06. The van der Waals surface area contributed by atoms with E-state index in [0.717, 1.165) is 50.2 Å². The smallest absolute Gasteiger partial charge is 0.161 e. The Bertz CT molecular complexity index is 3500. The largest absolute Gasteiger partial charge is 0.309 e. The van der Waals surface area contributed by atoms with Gasteiger partial charge in [0.15, 0.2) is 5.82 Å². The lowest BCUT2D eigenvalue weighted by Gasteiger charge is -2.13. The van der Waals surface area contributed by atoms with Gasteiger partial charge in [-0.25, -0.2) is 9.97 Å². The van der Waals surface area contributed by atoms with E-state index in [2.05, 4.69) is 203 Å². The molecule has 9 aromatic carbocycles. The van der Waals surface area contributed by atoms with Crippen LogP contribution in [-0.2, 0) is 0 Å². The molecule has 4 nitrogen and oxygen atoms in total. The number of para-hydroxylation sites is 2. The van der Waals surface area contributed by atoms with Crippen LogP contribution in [0.5, 0.6) is 0 Å². The molecule has 12 rings (SSSR count). The van der Waals surface area contributed by atoms with Crippen LogP contribution in [0.4, 0.5) is 0 Å². The summed E-state index contributed by atoms with van der Waals surface area (Å²) in [4.78, 5) is 10.4. The number of fused-ring (bicyclic) bond motifs is 9. The summed E-state index contributed by atoms with van der Waals surface area (Å²) in [6, 6.07) is 73.8. The van der Waals surface area contributed by atoms with Gasteiger partial charge in [-0.3, -0.25) is 0 Å². The second-order valence-corrected chi connectivity index (χ2v) is 15.0. The first-order valence-electron chi connectivity index (χ1n) is 19.7. The van der Waals surface area contributed by atoms with Gasteiger partial charge in [0.1, 0.15) is 0 Å². The summed E-state index contributed by atoms with van der Waals surface area (Å²) in [5, 5.41) is 9.65. The summed E-state index contributed by atoms with van der Waals surface area (Å²) in [7, 11) is 0. The molecule has 3 aromatic heterocycles. The molecule has 270 valence electrons. The van der Waals surface area contributed by atoms with Crippen molar-refractivity contribution in [3.8, 4) is 45.3 Å². The molecule has 3 heterocycles. The first kappa shape index (κ1) is 32.4. The number of aromatic nitrogens is 4. The zero-order chi connectivity index (χ0) is 38.2. The fraction of sp³-hybridized carbons (Fsp3) is 0. The van der Waals surface area contributed by atoms with Crippen LogP contribution >= 0.6 is 0 Å². The molecule has 4 heteroatoms. The summed E-state index contributed by atoms with van der Waals surface area (Å²) in [6.45, 7) is 0. The maximum atomic E-state index is 5.18. The monoisotopic (exact) mass is 738 g/mol. The van der Waals surface area contributed by atoms with Crippen LogP contribution in [0.2, 0.25) is 0 Å². The van der Waals surface area contributed by atoms with E-state index >= 15 is 0 Å². The van der Waals surface area contributed by atoms with Crippen LogP contribution in [0.25, 0.3) is 110 Å². The lowest BCUT2D eigenvalue weighted by molar-refractivity contribution is 1.18. The van der Waals surface area contributed by atoms with Gasteiger partial charge in [-0.2, -0.15) is 0 Å². The highest BCUT2D eigenvalue weighted by Gasteiger charge is 2.21. The molecule has 0 amide bonds. The molecule has 0 radical (unpaired) electrons. The van der Waals surface area contributed by atoms with Crippen LogP contribution in [-0.4, -0.2) is 19.1 Å². The van der Waals surface area contributed by atoms with Crippen molar-refractivity contribution in [2.75, 3.05) is 0 Å². The molecule has 0 aliphatic rings. The Morgan fingerprint density at radius 2 is 0.897 bits per heavy atom. The Morgan fingerprint density at radius 1 is 0.328 bits per heavy atom. The zero-order valence-electron chi connectivity index (χ0n) is 31.4. The van der Waals surface area contributed by atoms with Crippen molar-refractivity contribution in [1.29, 1.82) is 0 Å². The van der Waals surface area contributed by atoms with Gasteiger partial charge in [-0.1, -0.05) is 158 Å². The van der Waals surface area contributed by atoms with Crippen molar-refractivity contribution in [3.63, 3.8) is 0 Å². The van der Waals surface area contributed by atoms with Crippen molar-refractivity contribution in [2.45, 2.75) is 0 Å². The third-order valence-electron chi connectivity index (χ3n) is 11.7. The van der Waals surface area contributed by atoms with E-state index in [1.807, 2.05) is 12.1 Å². The minimum Gasteiger partial charge on any atom is -0.309 e. The highest BCUT2D eigenvalue weighted by molar-refractivity contribution is 6.26. The Kier molecular flexibility index (Phi) is 7.20. The second kappa shape index (κ2) is 12.9. The van der Waals surface area contributed by atoms with Crippen LogP contribution < -0.4 is 0 Å². The van der Waals surface area contributed by atoms with Crippen molar-refractivity contribution in [2.24, 2.45) is 0 Å². The number of hydrogen-bond donors (Lipinski definition) is 0. The molecule has 0 aliphatic carbocycles. The van der Waals surface area contributed by atoms with E-state index < -0.39 is 0 Å². The standard InChI is InChI=1S/C54H34N4/c1-3-15-36(16-4-1)47-34-48(37-17-5-2-6-18-37)56-54(55-47)45-23-13-20-39-33-40(28-29-42(39)45)57-50-25-12-10-22-46(50)52-51(57)31-30-44-43-21-9-11-24-49(43)58(53(44)52)41-27-26-35-14-7-8-19-38(35)32-41/h1-34H. The molecule has 0 fully saturated rings. The summed E-state index contributed by atoms with van der Waals surface area (Å²) >= 11 is 0. The van der Waals surface area contributed by atoms with E-state index in [1.54, 1.807) is 0 Å². The second-order valence-electron chi connectivity index (χ2n) is 15.0. The SMILES string of the molecule is c1ccc(-c2cc(-c3ccccc3)nc(-c3cccc4cc(-n5c6ccccc6c6c5ccc5c7ccccc7n(-c7ccc8ccccc8c7)c56)ccc34)n2)cc1. The van der Waals surface area contributed by atoms with E-state index in [-0.39, 0.29) is 0 Å². The Morgan fingerprint density at radius 3 is 1.66 bits per heavy atom. The maximum Gasteiger partial charge on any atom is 0.161 e. The zero-order valence-corrected chi connectivity index (χ0v) is 31.4. The quantitative estimate of drug-likeness (QED) is 0.176. The summed E-state index contributed by atoms with van der Waals surface area (Å²) < 4.78 is 4.90. The van der Waals surface area contributed by atoms with E-state index in [4.69, 9.17) is 9.97 Å². The van der Waals surface area contributed by atoms with E-state index in [9.17, 15) is 0 Å². The lowest BCUT2D eigenvalue weighted by Crippen LogP contribution is -1.97. The van der Waals surface area contributed by atoms with Crippen LogP contribution in [0.1, 0.15) is 0 Å². The summed E-state index contributed by atoms with van der Waals surface area (Å²) in [5.41, 5.74) is 11.9. The highest BCUT2D eigenvalue weighted by Crippen LogP contribution is 2.43. The molecule has 0 N–H and O–H groups in total. The van der Waals surface area contributed by atoms with Crippen LogP contribution in [0.3, 0.4) is 0 Å². The molecule has 0 saturated carbocycles. The number of rotatable bonds is 5. The first-order valence-corrected chi connectivity index (χ1v) is 19.7. The predicted molar refractivity (Wildman–Crippen MR) is 242 cm³/mol. The molecule has 0 bridgehead atoms. The average Bonchev–Trinajstić information content (AvgIpc) is 3.82. The fourth-order valence-electron chi connectivity index (χ4n) is 9.06. The topological polar surface area (TPSA) is 35.6 Å². The van der Waals surface area contributed by atoms with E-state index in [1.165, 1.54) is 54.4 Å². The van der Waals surface area contributed by atoms with Gasteiger partial charge in [-0.05, 0) is 70.1 Å². The minimum atomic E-state index is 0.708. The molecule has 0 spiro atoms. The predicted octanol–water partition coefficient (Wildman–Crippen LogP) is 14.0. The molecule has 58 heavy (non-hydrogen) atoms. The molecule has 0 saturated heterocycles. The van der Waals surface area contributed by atoms with E-state index in [0.29, 0.717) is 5.82 Å². The Hall–Kier alpha value is -7.82. The molecule has 0 atom stereocenters. The first-order chi connectivity index (χ1) is 28.8. The summed E-state index contributed by atoms with van der Waals surface area (Å²) in [5.74, 6) is 0.708. The van der Waals surface area contributed by atoms with Gasteiger partial charge in [0.2, 0.25) is 0 Å². The van der Waals surface area contributed by atoms with Crippen molar-refractivity contribution >= 4 is 65.2 Å². The van der Waals surface area contributed by atoms with Crippen molar-refractivity contribution < 1.29 is 0 Å². The van der Waals surface area contributed by atoms with Gasteiger partial charge in [0.05, 0.1) is 33.5 Å². The lowest BCUT2D eigenvalue weighted by atomic mass is 10.0. The molecule has 0 unspecified atom stereocenters. The average molecular weight is 739 g/mol. The van der Waals surface area contributed by atoms with Gasteiger partial charge >= 0.3 is 0 Å². The maximum absolute atomic E-state index is 5.18. The minimum absolute atomic E-state index is 0.708. The van der Waals surface area contributed by atoms with Gasteiger partial charge in [0.25, 0.3) is 0 Å². The Balaban J connectivity index is 1.08. The van der Waals surface area contributed by atoms with Gasteiger partial charge in [-0.15, -0.1) is 0 Å². The molecular formula is C54H34N4. The molecule has 0 aliphatic heterocycles. The van der Waals surface area contributed by atoms with Crippen LogP contribution in [0, 0.1) is 0 Å². The highest BCUT2D eigenvalue weighted by atomic mass is 15.0. The molecular weight excluding hydrogens is 705 g/mol. The van der Waals surface area contributed by atoms with Gasteiger partial charge in [0, 0.05) is 49.6 Å². The number of hydrogen-bond acceptors (Lipinski definition) is 2. The third kappa shape index (κ3) is 5.02. The molecule has 12 aromatic rings.